The van der Waals surface area contributed by atoms with Crippen molar-refractivity contribution < 1.29 is 15.0 Å². The quantitative estimate of drug-likeness (QED) is 0.775. The van der Waals surface area contributed by atoms with Gasteiger partial charge in [0.2, 0.25) is 0 Å². The van der Waals surface area contributed by atoms with Crippen molar-refractivity contribution in [2.75, 3.05) is 6.61 Å². The lowest BCUT2D eigenvalue weighted by Crippen LogP contribution is -2.06. The van der Waals surface area contributed by atoms with Crippen molar-refractivity contribution in [1.82, 2.24) is 24.8 Å². The highest BCUT2D eigenvalue weighted by molar-refractivity contribution is 5.92. The molecule has 0 fully saturated rings. The summed E-state index contributed by atoms with van der Waals surface area (Å²) in [5.41, 5.74) is 0.969. The van der Waals surface area contributed by atoms with Crippen LogP contribution in [0.1, 0.15) is 23.8 Å². The maximum Gasteiger partial charge on any atom is 0.358 e. The largest absolute Gasteiger partial charge is 0.476 e. The number of hydrogen-bond acceptors (Lipinski definition) is 5. The Balaban J connectivity index is 2.44. The van der Waals surface area contributed by atoms with Gasteiger partial charge in [-0.05, 0) is 13.3 Å². The lowest BCUT2D eigenvalue weighted by atomic mass is 10.2. The van der Waals surface area contributed by atoms with Gasteiger partial charge in [-0.25, -0.2) is 9.48 Å². The maximum atomic E-state index is 11.2. The fraction of sp³-hybridized carbons (Fsp3) is 0.455. The summed E-state index contributed by atoms with van der Waals surface area (Å²) in [6.45, 7) is 3.05. The van der Waals surface area contributed by atoms with Crippen LogP contribution in [-0.4, -0.2) is 47.6 Å². The number of aromatic nitrogens is 5. The highest BCUT2D eigenvalue weighted by Crippen LogP contribution is 2.22. The summed E-state index contributed by atoms with van der Waals surface area (Å²) in [5.74, 6) is -1.13. The van der Waals surface area contributed by atoms with E-state index in [9.17, 15) is 4.79 Å². The molecule has 0 radical (unpaired) electrons. The van der Waals surface area contributed by atoms with E-state index in [4.69, 9.17) is 10.2 Å². The first-order valence-electron chi connectivity index (χ1n) is 5.97. The van der Waals surface area contributed by atoms with E-state index in [0.29, 0.717) is 30.8 Å². The molecule has 0 aliphatic carbocycles. The Morgan fingerprint density at radius 2 is 2.26 bits per heavy atom. The van der Waals surface area contributed by atoms with E-state index < -0.39 is 5.97 Å². The van der Waals surface area contributed by atoms with Crippen molar-refractivity contribution in [2.24, 2.45) is 0 Å². The third-order valence-corrected chi connectivity index (χ3v) is 2.70. The third-order valence-electron chi connectivity index (χ3n) is 2.70. The highest BCUT2D eigenvalue weighted by atomic mass is 16.4. The van der Waals surface area contributed by atoms with E-state index in [1.54, 1.807) is 17.1 Å². The fourth-order valence-corrected chi connectivity index (χ4v) is 1.78. The fourth-order valence-electron chi connectivity index (χ4n) is 1.78. The van der Waals surface area contributed by atoms with E-state index in [1.165, 1.54) is 4.68 Å². The minimum Gasteiger partial charge on any atom is -0.476 e. The van der Waals surface area contributed by atoms with Crippen molar-refractivity contribution in [3.05, 3.63) is 18.1 Å². The number of aliphatic hydroxyl groups excluding tert-OH is 1. The van der Waals surface area contributed by atoms with Gasteiger partial charge >= 0.3 is 5.97 Å². The number of aromatic carboxylic acids is 1. The van der Waals surface area contributed by atoms with Crippen molar-refractivity contribution in [2.45, 2.75) is 26.4 Å². The summed E-state index contributed by atoms with van der Waals surface area (Å²) < 4.78 is 3.18. The average molecular weight is 265 g/mol. The van der Waals surface area contributed by atoms with Crippen molar-refractivity contribution >= 4 is 5.97 Å². The van der Waals surface area contributed by atoms with Gasteiger partial charge in [0, 0.05) is 31.5 Å². The summed E-state index contributed by atoms with van der Waals surface area (Å²) >= 11 is 0. The first-order valence-corrected chi connectivity index (χ1v) is 5.97. The van der Waals surface area contributed by atoms with Crippen molar-refractivity contribution in [1.29, 1.82) is 0 Å². The van der Waals surface area contributed by atoms with Gasteiger partial charge in [-0.1, -0.05) is 5.21 Å². The normalized spacial score (nSPS) is 10.8. The van der Waals surface area contributed by atoms with Crippen LogP contribution in [0.4, 0.5) is 0 Å². The van der Waals surface area contributed by atoms with Crippen LogP contribution in [0, 0.1) is 0 Å². The Morgan fingerprint density at radius 1 is 1.47 bits per heavy atom. The number of aryl methyl sites for hydroxylation is 2. The number of hydrogen-bond donors (Lipinski definition) is 2. The number of aliphatic hydroxyl groups is 1. The number of carboxylic acids is 1. The number of carboxylic acid groups (broad SMARTS) is 1. The second-order valence-corrected chi connectivity index (χ2v) is 3.98. The zero-order chi connectivity index (χ0) is 13.8. The van der Waals surface area contributed by atoms with Crippen LogP contribution in [0.15, 0.2) is 12.4 Å². The molecular weight excluding hydrogens is 250 g/mol. The smallest absolute Gasteiger partial charge is 0.358 e. The first-order chi connectivity index (χ1) is 9.17. The van der Waals surface area contributed by atoms with Crippen LogP contribution in [0.2, 0.25) is 0 Å². The molecule has 0 aromatic carbocycles. The van der Waals surface area contributed by atoms with Crippen molar-refractivity contribution in [3.8, 4) is 11.3 Å². The predicted molar refractivity (Wildman–Crippen MR) is 65.6 cm³/mol. The maximum absolute atomic E-state index is 11.2. The molecule has 2 N–H and O–H groups in total. The molecule has 2 heterocycles. The van der Waals surface area contributed by atoms with Gasteiger partial charge in [0.05, 0.1) is 6.20 Å². The van der Waals surface area contributed by atoms with Crippen LogP contribution in [-0.2, 0) is 13.1 Å². The molecule has 0 aliphatic heterocycles. The van der Waals surface area contributed by atoms with Gasteiger partial charge in [-0.3, -0.25) is 4.68 Å². The molecular formula is C11H15N5O3. The first kappa shape index (κ1) is 13.2. The van der Waals surface area contributed by atoms with Crippen LogP contribution in [0.3, 0.4) is 0 Å². The third kappa shape index (κ3) is 2.63. The van der Waals surface area contributed by atoms with E-state index in [2.05, 4.69) is 15.4 Å². The molecule has 0 saturated carbocycles. The Labute approximate surface area is 109 Å². The Kier molecular flexibility index (Phi) is 3.91. The zero-order valence-electron chi connectivity index (χ0n) is 10.5. The minimum absolute atomic E-state index is 0.00985. The van der Waals surface area contributed by atoms with Gasteiger partial charge in [-0.15, -0.1) is 5.10 Å². The second kappa shape index (κ2) is 5.61. The molecule has 2 aromatic rings. The Hall–Kier alpha value is -2.22. The summed E-state index contributed by atoms with van der Waals surface area (Å²) in [7, 11) is 0. The molecule has 0 amide bonds. The topological polar surface area (TPSA) is 106 Å². The monoisotopic (exact) mass is 265 g/mol. The Bertz CT molecular complexity index is 575. The van der Waals surface area contributed by atoms with Gasteiger partial charge < -0.3 is 10.2 Å². The predicted octanol–water partition coefficient (Wildman–Crippen LogP) is 0.242. The zero-order valence-corrected chi connectivity index (χ0v) is 10.5. The Morgan fingerprint density at radius 3 is 2.84 bits per heavy atom. The van der Waals surface area contributed by atoms with Crippen LogP contribution in [0.25, 0.3) is 11.3 Å². The molecule has 0 unspecified atom stereocenters. The van der Waals surface area contributed by atoms with Crippen LogP contribution in [0.5, 0.6) is 0 Å². The molecule has 0 bridgehead atoms. The molecule has 2 rings (SSSR count). The van der Waals surface area contributed by atoms with Crippen LogP contribution < -0.4 is 0 Å². The molecule has 0 spiro atoms. The molecule has 0 saturated heterocycles. The summed E-state index contributed by atoms with van der Waals surface area (Å²) in [5, 5.41) is 29.6. The number of carbonyl (C=O) groups is 1. The molecule has 8 nitrogen and oxygen atoms in total. The summed E-state index contributed by atoms with van der Waals surface area (Å²) in [6.07, 6.45) is 3.82. The SMILES string of the molecule is CCn1cc(-c2c(C(=O)O)nnn2CCCO)cn1. The summed E-state index contributed by atoms with van der Waals surface area (Å²) in [6, 6.07) is 0. The van der Waals surface area contributed by atoms with Gasteiger partial charge in [0.1, 0.15) is 5.69 Å². The van der Waals surface area contributed by atoms with Crippen molar-refractivity contribution in [3.63, 3.8) is 0 Å². The van der Waals surface area contributed by atoms with Crippen LogP contribution >= 0.6 is 0 Å². The molecule has 19 heavy (non-hydrogen) atoms. The highest BCUT2D eigenvalue weighted by Gasteiger charge is 2.21. The molecule has 0 atom stereocenters. The van der Waals surface area contributed by atoms with Gasteiger partial charge in [-0.2, -0.15) is 5.10 Å². The minimum atomic E-state index is -1.13. The molecule has 0 aliphatic rings. The standard InChI is InChI=1S/C11H15N5O3/c1-2-15-7-8(6-12-15)10-9(11(18)19)13-14-16(10)4-3-5-17/h6-7,17H,2-5H2,1H3,(H,18,19). The van der Waals surface area contributed by atoms with E-state index >= 15 is 0 Å². The summed E-state index contributed by atoms with van der Waals surface area (Å²) in [4.78, 5) is 11.2. The van der Waals surface area contributed by atoms with Gasteiger partial charge in [0.25, 0.3) is 0 Å². The lowest BCUT2D eigenvalue weighted by Gasteiger charge is -2.03. The van der Waals surface area contributed by atoms with Gasteiger partial charge in [0.15, 0.2) is 5.69 Å². The molecule has 2 aromatic heterocycles. The van der Waals surface area contributed by atoms with E-state index in [1.807, 2.05) is 6.92 Å². The average Bonchev–Trinajstić information content (AvgIpc) is 3.01. The second-order valence-electron chi connectivity index (χ2n) is 3.98. The number of nitrogens with zero attached hydrogens (tertiary/aromatic N) is 5. The number of rotatable bonds is 6. The van der Waals surface area contributed by atoms with E-state index in [0.717, 1.165) is 0 Å². The lowest BCUT2D eigenvalue weighted by molar-refractivity contribution is 0.0691. The molecule has 102 valence electrons. The van der Waals surface area contributed by atoms with E-state index in [-0.39, 0.29) is 12.3 Å². The molecule has 8 heteroatoms.